The van der Waals surface area contributed by atoms with Gasteiger partial charge in [-0.3, -0.25) is 0 Å². The fraction of sp³-hybridized carbons (Fsp3) is 0.214. The van der Waals surface area contributed by atoms with Crippen LogP contribution < -0.4 is 9.47 Å². The van der Waals surface area contributed by atoms with Crippen LogP contribution in [0.15, 0.2) is 60.9 Å². The van der Waals surface area contributed by atoms with Crippen LogP contribution in [0, 0.1) is 0 Å². The van der Waals surface area contributed by atoms with Crippen LogP contribution in [0.25, 0.3) is 0 Å². The number of rotatable bonds is 4. The normalized spacial score (nSPS) is 10.1. The van der Waals surface area contributed by atoms with Crippen molar-refractivity contribution in [1.82, 2.24) is 0 Å². The molecule has 1 heterocycles. The molecule has 0 spiro atoms. The third-order valence-electron chi connectivity index (χ3n) is 2.67. The van der Waals surface area contributed by atoms with E-state index in [0.717, 1.165) is 13.1 Å². The molecule has 82 valence electrons. The van der Waals surface area contributed by atoms with Crippen LogP contribution in [-0.4, -0.2) is 13.6 Å². The molecule has 16 heavy (non-hydrogen) atoms. The van der Waals surface area contributed by atoms with Crippen molar-refractivity contribution in [2.75, 3.05) is 18.5 Å². The standard InChI is InChI=1S/C14H17N2/c1-15(14-8-4-2-5-9-14)12-13-16-10-6-3-7-11-16/h2-11H,12-13H2,1H3/q+1. The van der Waals surface area contributed by atoms with Gasteiger partial charge in [0.1, 0.15) is 0 Å². The zero-order chi connectivity index (χ0) is 11.2. The molecule has 0 aliphatic rings. The zero-order valence-corrected chi connectivity index (χ0v) is 9.58. The van der Waals surface area contributed by atoms with Crippen LogP contribution in [0.3, 0.4) is 0 Å². The van der Waals surface area contributed by atoms with E-state index in [0.29, 0.717) is 0 Å². The summed E-state index contributed by atoms with van der Waals surface area (Å²) in [6, 6.07) is 16.6. The summed E-state index contributed by atoms with van der Waals surface area (Å²) >= 11 is 0. The number of nitrogens with zero attached hydrogens (tertiary/aromatic N) is 2. The molecule has 2 heteroatoms. The van der Waals surface area contributed by atoms with Gasteiger partial charge < -0.3 is 4.90 Å². The lowest BCUT2D eigenvalue weighted by atomic mass is 10.3. The predicted molar refractivity (Wildman–Crippen MR) is 66.3 cm³/mol. The summed E-state index contributed by atoms with van der Waals surface area (Å²) in [5.74, 6) is 0. The number of para-hydroxylation sites is 1. The minimum Gasteiger partial charge on any atom is -0.368 e. The number of likely N-dealkylation sites (N-methyl/N-ethyl adjacent to an activating group) is 1. The summed E-state index contributed by atoms with van der Waals surface area (Å²) in [6.45, 7) is 2.02. The Labute approximate surface area is 96.8 Å². The Morgan fingerprint density at radius 1 is 0.938 bits per heavy atom. The quantitative estimate of drug-likeness (QED) is 0.706. The number of pyridine rings is 1. The van der Waals surface area contributed by atoms with Crippen LogP contribution >= 0.6 is 0 Å². The van der Waals surface area contributed by atoms with E-state index in [1.807, 2.05) is 12.1 Å². The topological polar surface area (TPSA) is 7.12 Å². The number of benzene rings is 1. The summed E-state index contributed by atoms with van der Waals surface area (Å²) in [4.78, 5) is 2.26. The van der Waals surface area contributed by atoms with Crippen LogP contribution in [0.2, 0.25) is 0 Å². The van der Waals surface area contributed by atoms with E-state index in [4.69, 9.17) is 0 Å². The molecular formula is C14H17N2+. The average molecular weight is 213 g/mol. The van der Waals surface area contributed by atoms with Crippen molar-refractivity contribution in [3.63, 3.8) is 0 Å². The third kappa shape index (κ3) is 2.83. The minimum atomic E-state index is 1.01. The molecule has 0 aliphatic heterocycles. The highest BCUT2D eigenvalue weighted by molar-refractivity contribution is 5.44. The van der Waals surface area contributed by atoms with Gasteiger partial charge in [0.15, 0.2) is 18.9 Å². The van der Waals surface area contributed by atoms with Gasteiger partial charge in [-0.1, -0.05) is 24.3 Å². The van der Waals surface area contributed by atoms with E-state index < -0.39 is 0 Å². The lowest BCUT2D eigenvalue weighted by molar-refractivity contribution is -0.694. The summed E-state index contributed by atoms with van der Waals surface area (Å²) in [5, 5.41) is 0. The maximum Gasteiger partial charge on any atom is 0.168 e. The Morgan fingerprint density at radius 3 is 2.25 bits per heavy atom. The molecule has 2 aromatic rings. The molecule has 0 amide bonds. The van der Waals surface area contributed by atoms with Gasteiger partial charge in [-0.2, -0.15) is 0 Å². The van der Waals surface area contributed by atoms with Crippen molar-refractivity contribution >= 4 is 5.69 Å². The van der Waals surface area contributed by atoms with Gasteiger partial charge in [0.05, 0.1) is 6.54 Å². The summed E-state index contributed by atoms with van der Waals surface area (Å²) < 4.78 is 2.19. The highest BCUT2D eigenvalue weighted by atomic mass is 15.1. The van der Waals surface area contributed by atoms with E-state index in [9.17, 15) is 0 Å². The zero-order valence-electron chi connectivity index (χ0n) is 9.58. The van der Waals surface area contributed by atoms with E-state index >= 15 is 0 Å². The lowest BCUT2D eigenvalue weighted by Gasteiger charge is -2.17. The fourth-order valence-corrected chi connectivity index (χ4v) is 1.66. The van der Waals surface area contributed by atoms with Crippen LogP contribution in [0.1, 0.15) is 0 Å². The molecule has 0 radical (unpaired) electrons. The molecular weight excluding hydrogens is 196 g/mol. The molecule has 0 N–H and O–H groups in total. The van der Waals surface area contributed by atoms with Crippen LogP contribution in [0.4, 0.5) is 5.69 Å². The number of anilines is 1. The first kappa shape index (κ1) is 10.7. The fourth-order valence-electron chi connectivity index (χ4n) is 1.66. The number of aromatic nitrogens is 1. The Kier molecular flexibility index (Phi) is 3.54. The van der Waals surface area contributed by atoms with Crippen molar-refractivity contribution in [2.24, 2.45) is 0 Å². The van der Waals surface area contributed by atoms with Gasteiger partial charge >= 0.3 is 0 Å². The van der Waals surface area contributed by atoms with Gasteiger partial charge in [0, 0.05) is 24.9 Å². The van der Waals surface area contributed by atoms with Crippen LogP contribution in [0.5, 0.6) is 0 Å². The van der Waals surface area contributed by atoms with Gasteiger partial charge in [0.2, 0.25) is 0 Å². The first-order valence-electron chi connectivity index (χ1n) is 5.56. The molecule has 0 bridgehead atoms. The first-order valence-corrected chi connectivity index (χ1v) is 5.56. The summed E-state index contributed by atoms with van der Waals surface area (Å²) in [6.07, 6.45) is 4.19. The van der Waals surface area contributed by atoms with Crippen molar-refractivity contribution < 1.29 is 4.57 Å². The number of hydrogen-bond donors (Lipinski definition) is 0. The molecule has 0 saturated carbocycles. The maximum atomic E-state index is 2.26. The Balaban J connectivity index is 1.92. The smallest absolute Gasteiger partial charge is 0.168 e. The molecule has 2 nitrogen and oxygen atoms in total. The highest BCUT2D eigenvalue weighted by Gasteiger charge is 2.03. The minimum absolute atomic E-state index is 1.01. The Bertz CT molecular complexity index is 411. The molecule has 2 rings (SSSR count). The average Bonchev–Trinajstić information content (AvgIpc) is 2.38. The molecule has 0 aliphatic carbocycles. The lowest BCUT2D eigenvalue weighted by Crippen LogP contribution is -2.38. The Morgan fingerprint density at radius 2 is 1.56 bits per heavy atom. The van der Waals surface area contributed by atoms with Gasteiger partial charge in [-0.05, 0) is 12.1 Å². The first-order chi connectivity index (χ1) is 7.86. The molecule has 1 aromatic carbocycles. The third-order valence-corrected chi connectivity index (χ3v) is 2.67. The molecule has 0 fully saturated rings. The van der Waals surface area contributed by atoms with E-state index in [-0.39, 0.29) is 0 Å². The molecule has 0 saturated heterocycles. The Hall–Kier alpha value is -1.83. The predicted octanol–water partition coefficient (Wildman–Crippen LogP) is 2.11. The monoisotopic (exact) mass is 213 g/mol. The highest BCUT2D eigenvalue weighted by Crippen LogP contribution is 2.09. The van der Waals surface area contributed by atoms with Crippen molar-refractivity contribution in [1.29, 1.82) is 0 Å². The van der Waals surface area contributed by atoms with Crippen molar-refractivity contribution in [2.45, 2.75) is 6.54 Å². The van der Waals surface area contributed by atoms with Crippen LogP contribution in [-0.2, 0) is 6.54 Å². The van der Waals surface area contributed by atoms with Gasteiger partial charge in [-0.15, -0.1) is 0 Å². The number of hydrogen-bond acceptors (Lipinski definition) is 1. The van der Waals surface area contributed by atoms with E-state index in [1.54, 1.807) is 0 Å². The maximum absolute atomic E-state index is 2.26. The summed E-state index contributed by atoms with van der Waals surface area (Å²) in [5.41, 5.74) is 1.26. The van der Waals surface area contributed by atoms with Crippen molar-refractivity contribution in [3.05, 3.63) is 60.9 Å². The second kappa shape index (κ2) is 5.31. The van der Waals surface area contributed by atoms with E-state index in [2.05, 4.69) is 65.3 Å². The van der Waals surface area contributed by atoms with Gasteiger partial charge in [-0.25, -0.2) is 4.57 Å². The molecule has 1 aromatic heterocycles. The second-order valence-electron chi connectivity index (χ2n) is 3.87. The van der Waals surface area contributed by atoms with Gasteiger partial charge in [0.25, 0.3) is 0 Å². The van der Waals surface area contributed by atoms with E-state index in [1.165, 1.54) is 5.69 Å². The largest absolute Gasteiger partial charge is 0.368 e. The van der Waals surface area contributed by atoms with Crippen molar-refractivity contribution in [3.8, 4) is 0 Å². The second-order valence-corrected chi connectivity index (χ2v) is 3.87. The molecule has 0 atom stereocenters. The molecule has 0 unspecified atom stereocenters. The SMILES string of the molecule is CN(CC[n+]1ccccc1)c1ccccc1. The summed E-state index contributed by atoms with van der Waals surface area (Å²) in [7, 11) is 2.12.